The van der Waals surface area contributed by atoms with Crippen molar-refractivity contribution in [2.24, 2.45) is 0 Å². The van der Waals surface area contributed by atoms with Gasteiger partial charge in [-0.25, -0.2) is 9.97 Å². The van der Waals surface area contributed by atoms with E-state index in [0.717, 1.165) is 22.6 Å². The quantitative estimate of drug-likeness (QED) is 0.803. The molecule has 3 rings (SSSR count). The highest BCUT2D eigenvalue weighted by Crippen LogP contribution is 2.26. The number of aliphatic hydroxyl groups excluding tert-OH is 1. The molecule has 0 aliphatic heterocycles. The molecule has 108 valence electrons. The van der Waals surface area contributed by atoms with Crippen LogP contribution in [0.5, 0.6) is 0 Å². The van der Waals surface area contributed by atoms with E-state index in [1.807, 2.05) is 22.8 Å². The Morgan fingerprint density at radius 1 is 1.29 bits per heavy atom. The molecule has 1 aromatic carbocycles. The highest BCUT2D eigenvalue weighted by Gasteiger charge is 2.13. The second kappa shape index (κ2) is 5.84. The number of halogens is 1. The first kappa shape index (κ1) is 14.0. The molecule has 2 aromatic heterocycles. The first-order valence-corrected chi connectivity index (χ1v) is 7.26. The lowest BCUT2D eigenvalue weighted by Crippen LogP contribution is -2.03. The number of imidazole rings is 1. The largest absolute Gasteiger partial charge is 0.396 e. The zero-order valence-electron chi connectivity index (χ0n) is 11.8. The van der Waals surface area contributed by atoms with Gasteiger partial charge in [0.2, 0.25) is 0 Å². The maximum absolute atomic E-state index is 9.11. The first-order chi connectivity index (χ1) is 10.2. The molecule has 0 unspecified atom stereocenters. The summed E-state index contributed by atoms with van der Waals surface area (Å²) in [5, 5.41) is 9.69. The molecule has 0 amide bonds. The van der Waals surface area contributed by atoms with Gasteiger partial charge in [0.15, 0.2) is 5.65 Å². The van der Waals surface area contributed by atoms with E-state index in [-0.39, 0.29) is 6.61 Å². The van der Waals surface area contributed by atoms with E-state index >= 15 is 0 Å². The van der Waals surface area contributed by atoms with Crippen LogP contribution in [0.4, 0.5) is 0 Å². The number of nitrogens with zero attached hydrogens (tertiary/aromatic N) is 3. The number of hydrogen-bond donors (Lipinski definition) is 1. The van der Waals surface area contributed by atoms with Crippen molar-refractivity contribution in [1.82, 2.24) is 14.5 Å². The van der Waals surface area contributed by atoms with Gasteiger partial charge in [0.25, 0.3) is 0 Å². The minimum atomic E-state index is 0.139. The van der Waals surface area contributed by atoms with Gasteiger partial charge in [-0.3, -0.25) is 0 Å². The molecular weight excluding hydrogens is 286 g/mol. The van der Waals surface area contributed by atoms with Crippen molar-refractivity contribution in [2.75, 3.05) is 6.61 Å². The molecular formula is C16H16ClN3O. The van der Waals surface area contributed by atoms with Crippen molar-refractivity contribution >= 4 is 22.8 Å². The van der Waals surface area contributed by atoms with Crippen LogP contribution in [0.3, 0.4) is 0 Å². The van der Waals surface area contributed by atoms with Crippen LogP contribution in [0.1, 0.15) is 12.0 Å². The summed E-state index contributed by atoms with van der Waals surface area (Å²) in [7, 11) is 0. The maximum atomic E-state index is 9.11. The second-order valence-corrected chi connectivity index (χ2v) is 5.47. The number of aliphatic hydroxyl groups is 1. The lowest BCUT2D eigenvalue weighted by molar-refractivity contribution is 0.280. The molecule has 0 aliphatic carbocycles. The summed E-state index contributed by atoms with van der Waals surface area (Å²) >= 11 is 6.00. The van der Waals surface area contributed by atoms with Crippen LogP contribution in [0.25, 0.3) is 22.6 Å². The fraction of sp³-hybridized carbons (Fsp3) is 0.250. The molecule has 0 saturated heterocycles. The minimum Gasteiger partial charge on any atom is -0.396 e. The molecule has 0 atom stereocenters. The maximum Gasteiger partial charge on any atom is 0.160 e. The Labute approximate surface area is 128 Å². The summed E-state index contributed by atoms with van der Waals surface area (Å²) in [6, 6.07) is 10.0. The number of aromatic nitrogens is 3. The topological polar surface area (TPSA) is 50.9 Å². The summed E-state index contributed by atoms with van der Waals surface area (Å²) < 4.78 is 2.04. The normalized spacial score (nSPS) is 11.2. The van der Waals surface area contributed by atoms with E-state index in [0.29, 0.717) is 18.0 Å². The lowest BCUT2D eigenvalue weighted by Gasteiger charge is -2.08. The van der Waals surface area contributed by atoms with Crippen molar-refractivity contribution in [3.63, 3.8) is 0 Å². The van der Waals surface area contributed by atoms with Gasteiger partial charge < -0.3 is 9.67 Å². The first-order valence-electron chi connectivity index (χ1n) is 6.89. The Bertz CT molecular complexity index is 782. The summed E-state index contributed by atoms with van der Waals surface area (Å²) in [4.78, 5) is 9.06. The minimum absolute atomic E-state index is 0.139. The Balaban J connectivity index is 2.20. The molecule has 4 nitrogen and oxygen atoms in total. The average Bonchev–Trinajstić information content (AvgIpc) is 2.82. The smallest absolute Gasteiger partial charge is 0.160 e. The van der Waals surface area contributed by atoms with Gasteiger partial charge in [-0.05, 0) is 25.5 Å². The summed E-state index contributed by atoms with van der Waals surface area (Å²) in [5.41, 5.74) is 3.79. The van der Waals surface area contributed by atoms with Crippen LogP contribution in [0.15, 0.2) is 36.5 Å². The fourth-order valence-electron chi connectivity index (χ4n) is 2.43. The van der Waals surface area contributed by atoms with E-state index in [4.69, 9.17) is 16.7 Å². The summed E-state index contributed by atoms with van der Waals surface area (Å²) in [6.07, 6.45) is 2.29. The number of aryl methyl sites for hydroxylation is 2. The Kier molecular flexibility index (Phi) is 3.90. The van der Waals surface area contributed by atoms with Crippen molar-refractivity contribution in [3.8, 4) is 11.4 Å². The van der Waals surface area contributed by atoms with E-state index in [1.165, 1.54) is 5.56 Å². The van der Waals surface area contributed by atoms with Gasteiger partial charge in [0.05, 0.1) is 5.02 Å². The second-order valence-electron chi connectivity index (χ2n) is 5.03. The number of hydrogen-bond acceptors (Lipinski definition) is 3. The monoisotopic (exact) mass is 301 g/mol. The molecule has 5 heteroatoms. The summed E-state index contributed by atoms with van der Waals surface area (Å²) in [6.45, 7) is 2.87. The standard InChI is InChI=1S/C16H16ClN3O/c1-11-4-2-5-12(8-11)15-19-14-9-13(17)10-18-16(14)20(15)6-3-7-21/h2,4-5,8-10,21H,3,6-7H2,1H3. The zero-order valence-corrected chi connectivity index (χ0v) is 12.5. The zero-order chi connectivity index (χ0) is 14.8. The third kappa shape index (κ3) is 2.77. The third-order valence-corrected chi connectivity index (χ3v) is 3.57. The highest BCUT2D eigenvalue weighted by atomic mass is 35.5. The summed E-state index contributed by atoms with van der Waals surface area (Å²) in [5.74, 6) is 0.858. The Morgan fingerprint density at radius 3 is 2.90 bits per heavy atom. The van der Waals surface area contributed by atoms with Crippen LogP contribution in [0.2, 0.25) is 5.02 Å². The number of fused-ring (bicyclic) bond motifs is 1. The van der Waals surface area contributed by atoms with Crippen LogP contribution in [-0.4, -0.2) is 26.2 Å². The number of pyridine rings is 1. The lowest BCUT2D eigenvalue weighted by atomic mass is 10.1. The molecule has 0 bridgehead atoms. The average molecular weight is 302 g/mol. The molecule has 0 fully saturated rings. The Hall–Kier alpha value is -1.91. The van der Waals surface area contributed by atoms with E-state index in [2.05, 4.69) is 29.0 Å². The van der Waals surface area contributed by atoms with Crippen molar-refractivity contribution in [2.45, 2.75) is 19.9 Å². The number of benzene rings is 1. The van der Waals surface area contributed by atoms with Crippen LogP contribution < -0.4 is 0 Å². The van der Waals surface area contributed by atoms with E-state index < -0.39 is 0 Å². The molecule has 0 aliphatic rings. The third-order valence-electron chi connectivity index (χ3n) is 3.37. The van der Waals surface area contributed by atoms with Crippen LogP contribution in [0, 0.1) is 6.92 Å². The molecule has 3 aromatic rings. The molecule has 21 heavy (non-hydrogen) atoms. The van der Waals surface area contributed by atoms with Gasteiger partial charge in [0.1, 0.15) is 11.3 Å². The molecule has 1 N–H and O–H groups in total. The predicted molar refractivity (Wildman–Crippen MR) is 84.4 cm³/mol. The van der Waals surface area contributed by atoms with Crippen molar-refractivity contribution in [3.05, 3.63) is 47.1 Å². The van der Waals surface area contributed by atoms with E-state index in [1.54, 1.807) is 6.20 Å². The van der Waals surface area contributed by atoms with Crippen molar-refractivity contribution in [1.29, 1.82) is 0 Å². The molecule has 0 saturated carbocycles. The Morgan fingerprint density at radius 2 is 2.14 bits per heavy atom. The van der Waals surface area contributed by atoms with Gasteiger partial charge in [-0.1, -0.05) is 35.4 Å². The fourth-order valence-corrected chi connectivity index (χ4v) is 2.58. The van der Waals surface area contributed by atoms with Crippen LogP contribution >= 0.6 is 11.6 Å². The van der Waals surface area contributed by atoms with Crippen LogP contribution in [-0.2, 0) is 6.54 Å². The molecule has 2 heterocycles. The van der Waals surface area contributed by atoms with Gasteiger partial charge in [0, 0.05) is 24.9 Å². The van der Waals surface area contributed by atoms with Gasteiger partial charge >= 0.3 is 0 Å². The van der Waals surface area contributed by atoms with E-state index in [9.17, 15) is 0 Å². The molecule has 0 spiro atoms. The van der Waals surface area contributed by atoms with Gasteiger partial charge in [-0.2, -0.15) is 0 Å². The van der Waals surface area contributed by atoms with Gasteiger partial charge in [-0.15, -0.1) is 0 Å². The molecule has 0 radical (unpaired) electrons. The van der Waals surface area contributed by atoms with Crippen molar-refractivity contribution < 1.29 is 5.11 Å². The predicted octanol–water partition coefficient (Wildman–Crippen LogP) is 3.44. The number of rotatable bonds is 4. The highest BCUT2D eigenvalue weighted by molar-refractivity contribution is 6.31. The SMILES string of the molecule is Cc1cccc(-c2nc3cc(Cl)cnc3n2CCCO)c1.